The van der Waals surface area contributed by atoms with Crippen LogP contribution in [0.3, 0.4) is 0 Å². The van der Waals surface area contributed by atoms with Gasteiger partial charge in [-0.15, -0.1) is 0 Å². The summed E-state index contributed by atoms with van der Waals surface area (Å²) in [6.45, 7) is 3.89. The molecule has 1 aromatic rings. The third-order valence-corrected chi connectivity index (χ3v) is 2.38. The number of nitrogens with zero attached hydrogens (tertiary/aromatic N) is 1. The summed E-state index contributed by atoms with van der Waals surface area (Å²) in [7, 11) is 0. The van der Waals surface area contributed by atoms with Crippen molar-refractivity contribution in [3.8, 4) is 0 Å². The molecule has 1 aliphatic heterocycles. The Morgan fingerprint density at radius 1 is 1.36 bits per heavy atom. The molecular formula is C11H14N2O. The molecule has 3 heteroatoms. The number of anilines is 1. The summed E-state index contributed by atoms with van der Waals surface area (Å²) in [6.07, 6.45) is 0. The number of benzene rings is 1. The van der Waals surface area contributed by atoms with Crippen LogP contribution < -0.4 is 5.32 Å². The standard InChI is InChI=1S/C11H14N2O/c1-9-7-13(8-9)11(14)12-10-5-3-2-4-6-10/h2-6,9H,7-8H2,1H3,(H,12,14). The van der Waals surface area contributed by atoms with E-state index >= 15 is 0 Å². The highest BCUT2D eigenvalue weighted by Crippen LogP contribution is 2.16. The molecule has 74 valence electrons. The van der Waals surface area contributed by atoms with E-state index in [1.165, 1.54) is 0 Å². The molecule has 1 heterocycles. The minimum Gasteiger partial charge on any atom is -0.324 e. The topological polar surface area (TPSA) is 32.3 Å². The Bertz CT molecular complexity index is 317. The first-order valence-electron chi connectivity index (χ1n) is 4.86. The predicted molar refractivity (Wildman–Crippen MR) is 56.2 cm³/mol. The van der Waals surface area contributed by atoms with Crippen LogP contribution in [0.2, 0.25) is 0 Å². The first-order valence-corrected chi connectivity index (χ1v) is 4.86. The molecule has 1 aliphatic rings. The predicted octanol–water partition coefficient (Wildman–Crippen LogP) is 2.17. The molecule has 2 amide bonds. The zero-order chi connectivity index (χ0) is 9.97. The molecule has 2 rings (SSSR count). The largest absolute Gasteiger partial charge is 0.324 e. The maximum Gasteiger partial charge on any atom is 0.321 e. The van der Waals surface area contributed by atoms with Crippen molar-refractivity contribution in [2.24, 2.45) is 5.92 Å². The van der Waals surface area contributed by atoms with E-state index in [0.717, 1.165) is 18.8 Å². The van der Waals surface area contributed by atoms with Gasteiger partial charge < -0.3 is 10.2 Å². The van der Waals surface area contributed by atoms with Crippen molar-refractivity contribution in [3.05, 3.63) is 30.3 Å². The van der Waals surface area contributed by atoms with Gasteiger partial charge in [-0.1, -0.05) is 25.1 Å². The van der Waals surface area contributed by atoms with Gasteiger partial charge in [-0.2, -0.15) is 0 Å². The van der Waals surface area contributed by atoms with Crippen molar-refractivity contribution >= 4 is 11.7 Å². The number of carbonyl (C=O) groups excluding carboxylic acids is 1. The minimum atomic E-state index is 0.00861. The summed E-state index contributed by atoms with van der Waals surface area (Å²) in [5.74, 6) is 0.650. The summed E-state index contributed by atoms with van der Waals surface area (Å²) >= 11 is 0. The van der Waals surface area contributed by atoms with Crippen molar-refractivity contribution in [1.29, 1.82) is 0 Å². The molecule has 1 fully saturated rings. The quantitative estimate of drug-likeness (QED) is 0.723. The van der Waals surface area contributed by atoms with E-state index in [2.05, 4.69) is 12.2 Å². The number of para-hydroxylation sites is 1. The zero-order valence-corrected chi connectivity index (χ0v) is 8.23. The molecule has 0 radical (unpaired) electrons. The van der Waals surface area contributed by atoms with Gasteiger partial charge in [-0.05, 0) is 18.1 Å². The Kier molecular flexibility index (Phi) is 2.39. The number of amides is 2. The molecule has 14 heavy (non-hydrogen) atoms. The second kappa shape index (κ2) is 3.70. The highest BCUT2D eigenvalue weighted by Gasteiger charge is 2.26. The van der Waals surface area contributed by atoms with Crippen LogP contribution in [0.1, 0.15) is 6.92 Å². The lowest BCUT2D eigenvalue weighted by molar-refractivity contribution is 0.141. The van der Waals surface area contributed by atoms with Gasteiger partial charge in [-0.25, -0.2) is 4.79 Å². The Balaban J connectivity index is 1.89. The van der Waals surface area contributed by atoms with E-state index in [1.807, 2.05) is 35.2 Å². The molecule has 0 spiro atoms. The molecule has 0 atom stereocenters. The van der Waals surface area contributed by atoms with Gasteiger partial charge in [0.2, 0.25) is 0 Å². The van der Waals surface area contributed by atoms with Crippen LogP contribution in [0.4, 0.5) is 10.5 Å². The lowest BCUT2D eigenvalue weighted by Gasteiger charge is -2.36. The second-order valence-corrected chi connectivity index (χ2v) is 3.81. The third-order valence-electron chi connectivity index (χ3n) is 2.38. The van der Waals surface area contributed by atoms with Gasteiger partial charge in [0.25, 0.3) is 0 Å². The molecule has 0 bridgehead atoms. The number of carbonyl (C=O) groups is 1. The monoisotopic (exact) mass is 190 g/mol. The van der Waals surface area contributed by atoms with Gasteiger partial charge in [0.05, 0.1) is 0 Å². The smallest absolute Gasteiger partial charge is 0.321 e. The molecule has 0 unspecified atom stereocenters. The van der Waals surface area contributed by atoms with E-state index in [1.54, 1.807) is 0 Å². The van der Waals surface area contributed by atoms with Gasteiger partial charge in [0.1, 0.15) is 0 Å². The van der Waals surface area contributed by atoms with Crippen molar-refractivity contribution in [1.82, 2.24) is 4.90 Å². The fraction of sp³-hybridized carbons (Fsp3) is 0.364. The molecule has 0 saturated carbocycles. The van der Waals surface area contributed by atoms with Crippen molar-refractivity contribution in [2.75, 3.05) is 18.4 Å². The average Bonchev–Trinajstić information content (AvgIpc) is 2.14. The highest BCUT2D eigenvalue weighted by molar-refractivity contribution is 5.89. The minimum absolute atomic E-state index is 0.00861. The lowest BCUT2D eigenvalue weighted by Crippen LogP contribution is -2.50. The SMILES string of the molecule is CC1CN(C(=O)Nc2ccccc2)C1. The van der Waals surface area contributed by atoms with Crippen molar-refractivity contribution in [3.63, 3.8) is 0 Å². The van der Waals surface area contributed by atoms with Crippen molar-refractivity contribution < 1.29 is 4.79 Å². The first-order chi connectivity index (χ1) is 6.75. The molecule has 0 aromatic heterocycles. The summed E-state index contributed by atoms with van der Waals surface area (Å²) < 4.78 is 0. The second-order valence-electron chi connectivity index (χ2n) is 3.81. The summed E-state index contributed by atoms with van der Waals surface area (Å²) in [5, 5.41) is 2.85. The molecule has 3 nitrogen and oxygen atoms in total. The molecule has 1 N–H and O–H groups in total. The number of nitrogens with one attached hydrogen (secondary N) is 1. The van der Waals surface area contributed by atoms with E-state index in [-0.39, 0.29) is 6.03 Å². The first kappa shape index (κ1) is 9.06. The van der Waals surface area contributed by atoms with Crippen LogP contribution in [0.15, 0.2) is 30.3 Å². The van der Waals surface area contributed by atoms with Crippen molar-refractivity contribution in [2.45, 2.75) is 6.92 Å². The Labute approximate surface area is 83.7 Å². The molecule has 1 aromatic carbocycles. The zero-order valence-electron chi connectivity index (χ0n) is 8.23. The number of rotatable bonds is 1. The normalized spacial score (nSPS) is 16.2. The Morgan fingerprint density at radius 3 is 2.57 bits per heavy atom. The van der Waals surface area contributed by atoms with Crippen LogP contribution in [0.5, 0.6) is 0 Å². The van der Waals surface area contributed by atoms with E-state index in [4.69, 9.17) is 0 Å². The number of hydrogen-bond acceptors (Lipinski definition) is 1. The Hall–Kier alpha value is -1.51. The van der Waals surface area contributed by atoms with Crippen LogP contribution in [0, 0.1) is 5.92 Å². The van der Waals surface area contributed by atoms with E-state index in [0.29, 0.717) is 5.92 Å². The third kappa shape index (κ3) is 1.87. The highest BCUT2D eigenvalue weighted by atomic mass is 16.2. The van der Waals surface area contributed by atoms with E-state index in [9.17, 15) is 4.79 Å². The van der Waals surface area contributed by atoms with Gasteiger partial charge in [0.15, 0.2) is 0 Å². The number of likely N-dealkylation sites (tertiary alicyclic amines) is 1. The fourth-order valence-electron chi connectivity index (χ4n) is 1.59. The lowest BCUT2D eigenvalue weighted by atomic mass is 10.0. The van der Waals surface area contributed by atoms with Crippen LogP contribution in [-0.4, -0.2) is 24.0 Å². The summed E-state index contributed by atoms with van der Waals surface area (Å²) in [5.41, 5.74) is 0.858. The Morgan fingerprint density at radius 2 is 2.00 bits per heavy atom. The van der Waals surface area contributed by atoms with Gasteiger partial charge >= 0.3 is 6.03 Å². The average molecular weight is 190 g/mol. The molecule has 1 saturated heterocycles. The van der Waals surface area contributed by atoms with E-state index < -0.39 is 0 Å². The van der Waals surface area contributed by atoms with Crippen LogP contribution in [0.25, 0.3) is 0 Å². The summed E-state index contributed by atoms with van der Waals surface area (Å²) in [4.78, 5) is 13.4. The fourth-order valence-corrected chi connectivity index (χ4v) is 1.59. The number of hydrogen-bond donors (Lipinski definition) is 1. The maximum absolute atomic E-state index is 11.6. The molecule has 0 aliphatic carbocycles. The van der Waals surface area contributed by atoms with Gasteiger partial charge in [-0.3, -0.25) is 0 Å². The number of urea groups is 1. The molecular weight excluding hydrogens is 176 g/mol. The van der Waals surface area contributed by atoms with Crippen LogP contribution in [-0.2, 0) is 0 Å². The summed E-state index contributed by atoms with van der Waals surface area (Å²) in [6, 6.07) is 9.54. The van der Waals surface area contributed by atoms with Crippen LogP contribution >= 0.6 is 0 Å². The van der Waals surface area contributed by atoms with Gasteiger partial charge in [0, 0.05) is 18.8 Å². The maximum atomic E-state index is 11.6.